The molecule has 0 spiro atoms. The van der Waals surface area contributed by atoms with Crippen molar-refractivity contribution in [2.45, 2.75) is 62.1 Å². The Balaban J connectivity index is 1.66. The van der Waals surface area contributed by atoms with Crippen molar-refractivity contribution in [3.63, 3.8) is 0 Å². The fourth-order valence-electron chi connectivity index (χ4n) is 4.50. The summed E-state index contributed by atoms with van der Waals surface area (Å²) in [7, 11) is -3.69. The van der Waals surface area contributed by atoms with Gasteiger partial charge in [-0.05, 0) is 36.8 Å². The van der Waals surface area contributed by atoms with Crippen LogP contribution in [0.25, 0.3) is 0 Å². The summed E-state index contributed by atoms with van der Waals surface area (Å²) in [6.45, 7) is 1.67. The van der Waals surface area contributed by atoms with Crippen molar-refractivity contribution in [2.75, 3.05) is 5.32 Å². The number of thiophene rings is 1. The fraction of sp³-hybridized carbons (Fsp3) is 0.435. The first-order valence-electron chi connectivity index (χ1n) is 11.1. The van der Waals surface area contributed by atoms with Crippen LogP contribution in [0.4, 0.5) is 5.13 Å². The molecule has 0 aliphatic heterocycles. The van der Waals surface area contributed by atoms with E-state index < -0.39 is 21.4 Å². The number of halogens is 1. The van der Waals surface area contributed by atoms with Crippen LogP contribution in [0.15, 0.2) is 45.5 Å². The molecule has 1 fully saturated rings. The quantitative estimate of drug-likeness (QED) is 0.410. The largest absolute Gasteiger partial charge is 0.300 e. The van der Waals surface area contributed by atoms with Gasteiger partial charge in [-0.1, -0.05) is 61.1 Å². The first-order valence-corrected chi connectivity index (χ1v) is 14.9. The molecule has 1 aliphatic rings. The molecule has 34 heavy (non-hydrogen) atoms. The van der Waals surface area contributed by atoms with Crippen molar-refractivity contribution in [3.8, 4) is 0 Å². The average Bonchev–Trinajstić information content (AvgIpc) is 3.44. The minimum absolute atomic E-state index is 0.0248. The Morgan fingerprint density at radius 3 is 2.68 bits per heavy atom. The number of sulfone groups is 1. The molecule has 1 N–H and O–H groups in total. The normalized spacial score (nSPS) is 15.8. The van der Waals surface area contributed by atoms with Gasteiger partial charge in [-0.2, -0.15) is 0 Å². The molecule has 3 aromatic heterocycles. The number of aryl methyl sites for hydroxylation is 1. The van der Waals surface area contributed by atoms with Crippen molar-refractivity contribution in [2.24, 2.45) is 5.92 Å². The average molecular weight is 540 g/mol. The van der Waals surface area contributed by atoms with Crippen molar-refractivity contribution >= 4 is 55.2 Å². The Morgan fingerprint density at radius 1 is 1.29 bits per heavy atom. The van der Waals surface area contributed by atoms with E-state index in [9.17, 15) is 18.0 Å². The van der Waals surface area contributed by atoms with Gasteiger partial charge in [-0.15, -0.1) is 11.3 Å². The molecule has 3 aromatic rings. The van der Waals surface area contributed by atoms with Crippen LogP contribution in [-0.4, -0.2) is 23.9 Å². The molecule has 1 atom stereocenters. The number of carbonyl (C=O) groups excluding carboxylic acids is 1. The zero-order valence-electron chi connectivity index (χ0n) is 18.7. The van der Waals surface area contributed by atoms with E-state index in [-0.39, 0.29) is 16.6 Å². The number of hydrogen-bond donors (Lipinski definition) is 1. The molecule has 182 valence electrons. The molecular weight excluding hydrogens is 514 g/mol. The van der Waals surface area contributed by atoms with Crippen LogP contribution >= 0.6 is 34.3 Å². The summed E-state index contributed by atoms with van der Waals surface area (Å²) in [5.41, 5.74) is -0.0664. The number of pyridine rings is 1. The lowest BCUT2D eigenvalue weighted by atomic mass is 9.84. The van der Waals surface area contributed by atoms with Gasteiger partial charge in [0.2, 0.25) is 5.91 Å². The van der Waals surface area contributed by atoms with Crippen LogP contribution in [0.5, 0.6) is 0 Å². The maximum atomic E-state index is 13.3. The van der Waals surface area contributed by atoms with Crippen LogP contribution in [0.1, 0.15) is 55.1 Å². The van der Waals surface area contributed by atoms with Gasteiger partial charge in [0.15, 0.2) is 15.0 Å². The summed E-state index contributed by atoms with van der Waals surface area (Å²) in [6, 6.07) is 5.41. The van der Waals surface area contributed by atoms with Crippen LogP contribution < -0.4 is 10.9 Å². The molecule has 7 nitrogen and oxygen atoms in total. The van der Waals surface area contributed by atoms with Crippen LogP contribution in [-0.2, 0) is 20.4 Å². The van der Waals surface area contributed by atoms with E-state index in [2.05, 4.69) is 10.3 Å². The molecule has 11 heteroatoms. The summed E-state index contributed by atoms with van der Waals surface area (Å²) in [5.74, 6) is -0.196. The second-order valence-corrected chi connectivity index (χ2v) is 13.3. The van der Waals surface area contributed by atoms with Gasteiger partial charge in [-0.3, -0.25) is 9.59 Å². The third-order valence-corrected chi connectivity index (χ3v) is 9.84. The summed E-state index contributed by atoms with van der Waals surface area (Å²) in [6.07, 6.45) is 7.38. The second kappa shape index (κ2) is 10.7. The number of anilines is 1. The molecule has 1 saturated carbocycles. The van der Waals surface area contributed by atoms with Crippen LogP contribution in [0.2, 0.25) is 4.34 Å². The molecule has 0 unspecified atom stereocenters. The zero-order chi connectivity index (χ0) is 24.3. The summed E-state index contributed by atoms with van der Waals surface area (Å²) in [4.78, 5) is 31.3. The molecule has 1 aliphatic carbocycles. The highest BCUT2D eigenvalue weighted by Gasteiger charge is 2.29. The van der Waals surface area contributed by atoms with E-state index in [1.54, 1.807) is 19.1 Å². The smallest absolute Gasteiger partial charge is 0.252 e. The number of amides is 1. The first-order chi connectivity index (χ1) is 16.2. The molecule has 0 bridgehead atoms. The molecule has 4 rings (SSSR count). The standard InChI is InChI=1S/C23H26ClN3O4S3/c1-15-10-18(34(30,31)14-17-8-5-9-32-17)12-21(28)27(15)19(11-16-6-3-2-4-7-16)22(29)26-23-25-13-20(24)33-23/h5,8-10,12-13,16,19H,2-4,6-7,11,14H2,1H3,(H,25,26,29)/t19-/m0/s1. The van der Waals surface area contributed by atoms with Crippen LogP contribution in [0, 0.1) is 12.8 Å². The summed E-state index contributed by atoms with van der Waals surface area (Å²) in [5, 5.41) is 4.97. The van der Waals surface area contributed by atoms with Gasteiger partial charge in [0.05, 0.1) is 16.8 Å². The van der Waals surface area contributed by atoms with Gasteiger partial charge in [0.25, 0.3) is 5.56 Å². The predicted octanol–water partition coefficient (Wildman–Crippen LogP) is 5.45. The number of hydrogen-bond acceptors (Lipinski definition) is 7. The van der Waals surface area contributed by atoms with E-state index in [4.69, 9.17) is 11.6 Å². The first kappa shape index (κ1) is 25.1. The highest BCUT2D eigenvalue weighted by Crippen LogP contribution is 2.32. The highest BCUT2D eigenvalue weighted by molar-refractivity contribution is 7.90. The minimum atomic E-state index is -3.69. The lowest BCUT2D eigenvalue weighted by molar-refractivity contribution is -0.120. The Morgan fingerprint density at radius 2 is 2.06 bits per heavy atom. The third-order valence-electron chi connectivity index (χ3n) is 6.11. The number of rotatable bonds is 8. The number of nitrogens with zero attached hydrogens (tertiary/aromatic N) is 2. The zero-order valence-corrected chi connectivity index (χ0v) is 21.9. The monoisotopic (exact) mass is 539 g/mol. The second-order valence-electron chi connectivity index (χ2n) is 8.59. The SMILES string of the molecule is Cc1cc(S(=O)(=O)Cc2cccs2)cc(=O)n1[C@@H](CC1CCCCC1)C(=O)Nc1ncc(Cl)s1. The number of aromatic nitrogens is 2. The highest BCUT2D eigenvalue weighted by atomic mass is 35.5. The van der Waals surface area contributed by atoms with E-state index >= 15 is 0 Å². The van der Waals surface area contributed by atoms with E-state index in [0.717, 1.165) is 43.1 Å². The van der Waals surface area contributed by atoms with Gasteiger partial charge >= 0.3 is 0 Å². The Labute approximate surface area is 211 Å². The van der Waals surface area contributed by atoms with Crippen LogP contribution in [0.3, 0.4) is 0 Å². The summed E-state index contributed by atoms with van der Waals surface area (Å²) >= 11 is 8.45. The fourth-order valence-corrected chi connectivity index (χ4v) is 7.81. The number of carbonyl (C=O) groups is 1. The molecule has 3 heterocycles. The van der Waals surface area contributed by atoms with E-state index in [1.165, 1.54) is 34.6 Å². The Hall–Kier alpha value is -2.01. The van der Waals surface area contributed by atoms with Gasteiger partial charge in [0, 0.05) is 16.6 Å². The van der Waals surface area contributed by atoms with Gasteiger partial charge in [-0.25, -0.2) is 13.4 Å². The Kier molecular flexibility index (Phi) is 7.91. The predicted molar refractivity (Wildman–Crippen MR) is 137 cm³/mol. The molecular formula is C23H26ClN3O4S3. The molecule has 0 radical (unpaired) electrons. The minimum Gasteiger partial charge on any atom is -0.300 e. The third kappa shape index (κ3) is 5.97. The molecule has 0 aromatic carbocycles. The van der Waals surface area contributed by atoms with E-state index in [0.29, 0.717) is 32.4 Å². The van der Waals surface area contributed by atoms with Crippen molar-refractivity contribution in [1.82, 2.24) is 9.55 Å². The van der Waals surface area contributed by atoms with Gasteiger partial charge in [0.1, 0.15) is 10.4 Å². The maximum Gasteiger partial charge on any atom is 0.252 e. The topological polar surface area (TPSA) is 98.1 Å². The van der Waals surface area contributed by atoms with E-state index in [1.807, 2.05) is 5.38 Å². The maximum absolute atomic E-state index is 13.3. The lowest BCUT2D eigenvalue weighted by Crippen LogP contribution is -2.36. The van der Waals surface area contributed by atoms with Crippen molar-refractivity contribution in [3.05, 3.63) is 61.1 Å². The Bertz CT molecular complexity index is 1310. The van der Waals surface area contributed by atoms with Gasteiger partial charge < -0.3 is 9.88 Å². The number of nitrogens with one attached hydrogen (secondary N) is 1. The van der Waals surface area contributed by atoms with Crippen molar-refractivity contribution < 1.29 is 13.2 Å². The molecule has 1 amide bonds. The lowest BCUT2D eigenvalue weighted by Gasteiger charge is -2.28. The molecule has 0 saturated heterocycles. The number of thiazole rings is 1. The van der Waals surface area contributed by atoms with Crippen molar-refractivity contribution in [1.29, 1.82) is 0 Å². The summed E-state index contributed by atoms with van der Waals surface area (Å²) < 4.78 is 27.8.